The van der Waals surface area contributed by atoms with Crippen molar-refractivity contribution in [2.75, 3.05) is 25.4 Å². The molecule has 0 spiro atoms. The molecule has 2 saturated heterocycles. The highest BCUT2D eigenvalue weighted by Gasteiger charge is 2.32. The summed E-state index contributed by atoms with van der Waals surface area (Å²) in [6.07, 6.45) is 5.79. The molecule has 0 aromatic carbocycles. The van der Waals surface area contributed by atoms with Gasteiger partial charge in [-0.2, -0.15) is 8.42 Å². The maximum atomic E-state index is 12.2. The first kappa shape index (κ1) is 17.5. The molecule has 0 bridgehead atoms. The molecule has 0 aromatic heterocycles. The Balaban J connectivity index is 2.07. The van der Waals surface area contributed by atoms with Crippen molar-refractivity contribution in [3.8, 4) is 0 Å². The maximum Gasteiger partial charge on any atom is 0.266 e. The Hall–Kier alpha value is -0.900. The van der Waals surface area contributed by atoms with Gasteiger partial charge in [-0.15, -0.1) is 0 Å². The number of carbonyl (C=O) groups excluding carboxylic acids is 1. The number of amides is 1. The van der Waals surface area contributed by atoms with Crippen LogP contribution in [0.1, 0.15) is 19.8 Å². The lowest BCUT2D eigenvalue weighted by Gasteiger charge is -2.16. The van der Waals surface area contributed by atoms with E-state index in [1.165, 1.54) is 10.6 Å². The van der Waals surface area contributed by atoms with Gasteiger partial charge in [0.25, 0.3) is 16.0 Å². The van der Waals surface area contributed by atoms with E-state index in [2.05, 4.69) is 11.8 Å². The average molecular weight is 362 g/mol. The topological polar surface area (TPSA) is 77.9 Å². The van der Waals surface area contributed by atoms with Crippen LogP contribution in [-0.4, -0.2) is 58.4 Å². The molecule has 1 N–H and O–H groups in total. The minimum Gasteiger partial charge on any atom is -0.375 e. The van der Waals surface area contributed by atoms with Crippen molar-refractivity contribution < 1.29 is 17.8 Å². The molecule has 0 radical (unpaired) electrons. The van der Waals surface area contributed by atoms with Gasteiger partial charge < -0.3 is 4.90 Å². The van der Waals surface area contributed by atoms with E-state index in [0.29, 0.717) is 9.23 Å². The summed E-state index contributed by atoms with van der Waals surface area (Å²) in [7, 11) is -4.11. The summed E-state index contributed by atoms with van der Waals surface area (Å²) in [6, 6.07) is 0. The number of thioether (sulfide) groups is 1. The normalized spacial score (nSPS) is 23.4. The van der Waals surface area contributed by atoms with Crippen LogP contribution in [0.4, 0.5) is 0 Å². The summed E-state index contributed by atoms with van der Waals surface area (Å²) in [5.74, 6) is -0.825. The number of thiocarbonyl (C=S) groups is 1. The van der Waals surface area contributed by atoms with Gasteiger partial charge in [0, 0.05) is 25.3 Å². The van der Waals surface area contributed by atoms with Crippen LogP contribution in [0, 0.1) is 0 Å². The summed E-state index contributed by atoms with van der Waals surface area (Å²) >= 11 is 6.25. The lowest BCUT2D eigenvalue weighted by molar-refractivity contribution is -0.122. The van der Waals surface area contributed by atoms with Gasteiger partial charge in [-0.25, -0.2) is 0 Å². The average Bonchev–Trinajstić information content (AvgIpc) is 2.98. The van der Waals surface area contributed by atoms with Crippen LogP contribution in [-0.2, 0) is 14.9 Å². The van der Waals surface area contributed by atoms with Gasteiger partial charge >= 0.3 is 0 Å². The highest BCUT2D eigenvalue weighted by Crippen LogP contribution is 2.31. The summed E-state index contributed by atoms with van der Waals surface area (Å²) in [4.78, 5) is 16.2. The predicted octanol–water partition coefficient (Wildman–Crippen LogP) is 1.62. The Morgan fingerprint density at radius 3 is 2.77 bits per heavy atom. The summed E-state index contributed by atoms with van der Waals surface area (Å²) in [6.45, 7) is 3.94. The largest absolute Gasteiger partial charge is 0.375 e. The zero-order chi connectivity index (χ0) is 16.3. The highest BCUT2D eigenvalue weighted by atomic mass is 32.2. The quantitative estimate of drug-likeness (QED) is 0.452. The molecule has 2 heterocycles. The van der Waals surface area contributed by atoms with Crippen molar-refractivity contribution in [1.29, 1.82) is 0 Å². The molecule has 9 heteroatoms. The van der Waals surface area contributed by atoms with Crippen molar-refractivity contribution in [2.45, 2.75) is 19.8 Å². The van der Waals surface area contributed by atoms with Crippen molar-refractivity contribution >= 4 is 44.3 Å². The third kappa shape index (κ3) is 4.31. The zero-order valence-electron chi connectivity index (χ0n) is 12.2. The molecule has 122 valence electrons. The standard InChI is InChI=1S/C13H18N2O4S3/c1-2-14-7-3-4-10(14)5-6-11-12(16)15(13(20)21-11)8-9-22(17,18)19/h5-6H,2-4,7-9H2,1H3,(H,17,18,19). The molecule has 0 saturated carbocycles. The van der Waals surface area contributed by atoms with E-state index >= 15 is 0 Å². The fourth-order valence-electron chi connectivity index (χ4n) is 2.39. The highest BCUT2D eigenvalue weighted by molar-refractivity contribution is 8.26. The molecular formula is C13H18N2O4S3. The molecule has 22 heavy (non-hydrogen) atoms. The van der Waals surface area contributed by atoms with E-state index in [4.69, 9.17) is 16.8 Å². The Morgan fingerprint density at radius 1 is 1.41 bits per heavy atom. The van der Waals surface area contributed by atoms with Gasteiger partial charge in [0.1, 0.15) is 4.32 Å². The Kier molecular flexibility index (Phi) is 5.65. The lowest BCUT2D eigenvalue weighted by atomic mass is 10.3. The van der Waals surface area contributed by atoms with Crippen LogP contribution in [0.15, 0.2) is 22.8 Å². The van der Waals surface area contributed by atoms with Crippen molar-refractivity contribution in [1.82, 2.24) is 9.80 Å². The van der Waals surface area contributed by atoms with Gasteiger partial charge in [0.05, 0.1) is 10.7 Å². The third-order valence-corrected chi connectivity index (χ3v) is 5.62. The first-order valence-electron chi connectivity index (χ1n) is 6.96. The fourth-order valence-corrected chi connectivity index (χ4v) is 4.05. The van der Waals surface area contributed by atoms with Crippen LogP contribution in [0.25, 0.3) is 0 Å². The van der Waals surface area contributed by atoms with E-state index < -0.39 is 15.9 Å². The molecule has 2 aliphatic rings. The van der Waals surface area contributed by atoms with Crippen molar-refractivity contribution in [3.05, 3.63) is 22.8 Å². The van der Waals surface area contributed by atoms with Crippen molar-refractivity contribution in [2.24, 2.45) is 0 Å². The number of rotatable bonds is 5. The second-order valence-electron chi connectivity index (χ2n) is 4.98. The van der Waals surface area contributed by atoms with Gasteiger partial charge in [0.15, 0.2) is 0 Å². The molecule has 6 nitrogen and oxygen atoms in total. The smallest absolute Gasteiger partial charge is 0.266 e. The molecule has 2 fully saturated rings. The molecule has 2 aliphatic heterocycles. The monoisotopic (exact) mass is 362 g/mol. The van der Waals surface area contributed by atoms with E-state index in [0.717, 1.165) is 37.7 Å². The van der Waals surface area contributed by atoms with Crippen LogP contribution < -0.4 is 0 Å². The van der Waals surface area contributed by atoms with Crippen LogP contribution >= 0.6 is 24.0 Å². The Labute approximate surface area is 140 Å². The van der Waals surface area contributed by atoms with Gasteiger partial charge in [-0.05, 0) is 31.9 Å². The summed E-state index contributed by atoms with van der Waals surface area (Å²) in [5, 5.41) is 0. The number of hydrogen-bond acceptors (Lipinski definition) is 6. The number of nitrogens with zero attached hydrogens (tertiary/aromatic N) is 2. The predicted molar refractivity (Wildman–Crippen MR) is 91.0 cm³/mol. The van der Waals surface area contributed by atoms with Crippen LogP contribution in [0.2, 0.25) is 0 Å². The first-order chi connectivity index (χ1) is 10.3. The van der Waals surface area contributed by atoms with E-state index in [9.17, 15) is 13.2 Å². The van der Waals surface area contributed by atoms with Crippen molar-refractivity contribution in [3.63, 3.8) is 0 Å². The molecule has 0 aromatic rings. The summed E-state index contributed by atoms with van der Waals surface area (Å²) < 4.78 is 30.7. The first-order valence-corrected chi connectivity index (χ1v) is 9.80. The minimum absolute atomic E-state index is 0.126. The second-order valence-corrected chi connectivity index (χ2v) is 8.23. The molecule has 0 unspecified atom stereocenters. The molecular weight excluding hydrogens is 344 g/mol. The van der Waals surface area contributed by atoms with Gasteiger partial charge in [-0.3, -0.25) is 14.2 Å². The van der Waals surface area contributed by atoms with E-state index in [-0.39, 0.29) is 12.5 Å². The van der Waals surface area contributed by atoms with Gasteiger partial charge in [-0.1, -0.05) is 24.0 Å². The molecule has 0 atom stereocenters. The SMILES string of the molecule is CCN1CCCC1=CC=C1SC(=S)N(CCS(=O)(=O)O)C1=O. The maximum absolute atomic E-state index is 12.2. The number of likely N-dealkylation sites (tertiary alicyclic amines) is 1. The lowest BCUT2D eigenvalue weighted by Crippen LogP contribution is -2.32. The molecule has 0 aliphatic carbocycles. The molecule has 1 amide bonds. The summed E-state index contributed by atoms with van der Waals surface area (Å²) in [5.41, 5.74) is 1.20. The van der Waals surface area contributed by atoms with E-state index in [1.807, 2.05) is 6.08 Å². The van der Waals surface area contributed by atoms with E-state index in [1.54, 1.807) is 6.08 Å². The van der Waals surface area contributed by atoms with Gasteiger partial charge in [0.2, 0.25) is 0 Å². The number of carbonyl (C=O) groups is 1. The Morgan fingerprint density at radius 2 is 2.14 bits per heavy atom. The zero-order valence-corrected chi connectivity index (χ0v) is 14.6. The third-order valence-electron chi connectivity index (χ3n) is 3.52. The van der Waals surface area contributed by atoms with Crippen LogP contribution in [0.5, 0.6) is 0 Å². The number of allylic oxidation sites excluding steroid dienone is 3. The fraction of sp³-hybridized carbons (Fsp3) is 0.538. The minimum atomic E-state index is -4.11. The Bertz CT molecular complexity index is 640. The number of hydrogen-bond donors (Lipinski definition) is 1. The molecule has 2 rings (SSSR count). The second kappa shape index (κ2) is 7.12. The van der Waals surface area contributed by atoms with Crippen LogP contribution in [0.3, 0.4) is 0 Å².